The monoisotopic (exact) mass is 325 g/mol. The summed E-state index contributed by atoms with van der Waals surface area (Å²) < 4.78 is 5.66. The van der Waals surface area contributed by atoms with Crippen molar-refractivity contribution in [3.05, 3.63) is 53.5 Å². The Morgan fingerprint density at radius 3 is 2.62 bits per heavy atom. The molecule has 126 valence electrons. The summed E-state index contributed by atoms with van der Waals surface area (Å²) in [5.41, 5.74) is 2.87. The number of aryl methyl sites for hydroxylation is 2. The number of fused-ring (bicyclic) bond motifs is 1. The van der Waals surface area contributed by atoms with Crippen LogP contribution in [0.5, 0.6) is 0 Å². The third kappa shape index (κ3) is 3.41. The van der Waals surface area contributed by atoms with Gasteiger partial charge in [-0.15, -0.1) is 0 Å². The van der Waals surface area contributed by atoms with Crippen molar-refractivity contribution >= 4 is 16.9 Å². The highest BCUT2D eigenvalue weighted by Crippen LogP contribution is 2.29. The molecule has 0 saturated heterocycles. The molecule has 2 aromatic heterocycles. The largest absolute Gasteiger partial charge is 0.443 e. The zero-order valence-corrected chi connectivity index (χ0v) is 14.3. The lowest BCUT2D eigenvalue weighted by Gasteiger charge is -2.20. The fourth-order valence-corrected chi connectivity index (χ4v) is 3.01. The van der Waals surface area contributed by atoms with Crippen LogP contribution in [0.4, 0.5) is 5.82 Å². The molecule has 0 radical (unpaired) electrons. The Hall–Kier alpha value is -2.40. The van der Waals surface area contributed by atoms with Gasteiger partial charge in [0.1, 0.15) is 17.9 Å². The predicted molar refractivity (Wildman–Crippen MR) is 95.2 cm³/mol. The van der Waals surface area contributed by atoms with Gasteiger partial charge < -0.3 is 14.8 Å². The minimum atomic E-state index is -0.361. The first kappa shape index (κ1) is 16.5. The van der Waals surface area contributed by atoms with Crippen LogP contribution >= 0.6 is 0 Å². The molecule has 3 rings (SSSR count). The Bertz CT molecular complexity index is 812. The molecule has 0 saturated carbocycles. The minimum absolute atomic E-state index is 0.199. The number of furan rings is 1. The molecule has 0 aliphatic heterocycles. The first-order valence-electron chi connectivity index (χ1n) is 8.24. The van der Waals surface area contributed by atoms with Crippen LogP contribution in [-0.4, -0.2) is 27.7 Å². The number of aliphatic hydroxyl groups is 1. The fourth-order valence-electron chi connectivity index (χ4n) is 3.01. The maximum Gasteiger partial charge on any atom is 0.231 e. The van der Waals surface area contributed by atoms with E-state index >= 15 is 0 Å². The topological polar surface area (TPSA) is 71.2 Å². The number of aliphatic hydroxyl groups excluding tert-OH is 1. The van der Waals surface area contributed by atoms with Gasteiger partial charge in [-0.2, -0.15) is 0 Å². The molecule has 0 bridgehead atoms. The Balaban J connectivity index is 1.85. The van der Waals surface area contributed by atoms with Gasteiger partial charge >= 0.3 is 0 Å². The van der Waals surface area contributed by atoms with Gasteiger partial charge in [0, 0.05) is 18.0 Å². The molecule has 1 aromatic carbocycles. The Morgan fingerprint density at radius 1 is 1.17 bits per heavy atom. The number of hydrogen-bond donors (Lipinski definition) is 2. The smallest absolute Gasteiger partial charge is 0.231 e. The van der Waals surface area contributed by atoms with Crippen molar-refractivity contribution in [1.29, 1.82) is 0 Å². The highest BCUT2D eigenvalue weighted by Gasteiger charge is 2.17. The number of benzene rings is 1. The Morgan fingerprint density at radius 2 is 1.92 bits per heavy atom. The van der Waals surface area contributed by atoms with Crippen LogP contribution in [0.1, 0.15) is 36.1 Å². The zero-order valence-electron chi connectivity index (χ0n) is 14.3. The van der Waals surface area contributed by atoms with E-state index in [0.29, 0.717) is 18.7 Å². The van der Waals surface area contributed by atoms with Crippen LogP contribution in [0.3, 0.4) is 0 Å². The number of rotatable bonds is 6. The van der Waals surface area contributed by atoms with Crippen molar-refractivity contribution in [3.63, 3.8) is 0 Å². The van der Waals surface area contributed by atoms with E-state index in [4.69, 9.17) is 4.42 Å². The second kappa shape index (κ2) is 7.01. The molecular formula is C19H23N3O2. The average molecular weight is 325 g/mol. The van der Waals surface area contributed by atoms with Gasteiger partial charge in [-0.1, -0.05) is 30.3 Å². The van der Waals surface area contributed by atoms with Crippen molar-refractivity contribution in [2.75, 3.05) is 11.9 Å². The number of aromatic nitrogens is 2. The predicted octanol–water partition coefficient (Wildman–Crippen LogP) is 3.81. The fraction of sp³-hybridized carbons (Fsp3) is 0.368. The quantitative estimate of drug-likeness (QED) is 0.721. The summed E-state index contributed by atoms with van der Waals surface area (Å²) in [5, 5.41) is 14.2. The van der Waals surface area contributed by atoms with E-state index in [0.717, 1.165) is 22.5 Å². The van der Waals surface area contributed by atoms with Gasteiger partial charge in [0.25, 0.3) is 0 Å². The molecule has 0 fully saturated rings. The molecule has 2 atom stereocenters. The molecule has 2 N–H and O–H groups in total. The van der Waals surface area contributed by atoms with Crippen molar-refractivity contribution in [2.45, 2.75) is 39.2 Å². The van der Waals surface area contributed by atoms with Crippen LogP contribution in [0.25, 0.3) is 11.1 Å². The van der Waals surface area contributed by atoms with E-state index < -0.39 is 0 Å². The first-order chi connectivity index (χ1) is 11.6. The van der Waals surface area contributed by atoms with Crippen LogP contribution in [0.15, 0.2) is 41.1 Å². The second-order valence-corrected chi connectivity index (χ2v) is 6.26. The molecule has 5 nitrogen and oxygen atoms in total. The third-order valence-electron chi connectivity index (χ3n) is 4.38. The maximum atomic E-state index is 9.83. The standard InChI is InChI=1S/C19H23N3O2/c1-12(23)9-16(15-7-5-4-6-8-15)10-20-18-17-13(2)14(3)24-19(17)22-11-21-18/h4-8,11-12,16,23H,9-10H2,1-3H3,(H,20,21,22). The lowest BCUT2D eigenvalue weighted by atomic mass is 9.93. The first-order valence-corrected chi connectivity index (χ1v) is 8.24. The lowest BCUT2D eigenvalue weighted by molar-refractivity contribution is 0.175. The Labute approximate surface area is 141 Å². The van der Waals surface area contributed by atoms with E-state index in [9.17, 15) is 5.11 Å². The van der Waals surface area contributed by atoms with E-state index in [1.54, 1.807) is 0 Å². The van der Waals surface area contributed by atoms with Gasteiger partial charge in [0.2, 0.25) is 5.71 Å². The average Bonchev–Trinajstić information content (AvgIpc) is 2.87. The summed E-state index contributed by atoms with van der Waals surface area (Å²) in [5.74, 6) is 1.84. The maximum absolute atomic E-state index is 9.83. The van der Waals surface area contributed by atoms with Gasteiger partial charge in [0.05, 0.1) is 11.5 Å². The van der Waals surface area contributed by atoms with Crippen LogP contribution in [-0.2, 0) is 0 Å². The van der Waals surface area contributed by atoms with Crippen molar-refractivity contribution in [2.24, 2.45) is 0 Å². The van der Waals surface area contributed by atoms with Crippen LogP contribution in [0.2, 0.25) is 0 Å². The zero-order chi connectivity index (χ0) is 17.1. The molecule has 0 aliphatic carbocycles. The summed E-state index contributed by atoms with van der Waals surface area (Å²) >= 11 is 0. The number of anilines is 1. The number of hydrogen-bond acceptors (Lipinski definition) is 5. The molecule has 0 amide bonds. The van der Waals surface area contributed by atoms with Crippen molar-refractivity contribution < 1.29 is 9.52 Å². The minimum Gasteiger partial charge on any atom is -0.443 e. The summed E-state index contributed by atoms with van der Waals surface area (Å²) in [6, 6.07) is 10.2. The highest BCUT2D eigenvalue weighted by molar-refractivity contribution is 5.89. The second-order valence-electron chi connectivity index (χ2n) is 6.26. The van der Waals surface area contributed by atoms with Crippen molar-refractivity contribution in [3.8, 4) is 0 Å². The summed E-state index contributed by atoms with van der Waals surface area (Å²) in [6.45, 7) is 6.45. The Kier molecular flexibility index (Phi) is 4.81. The molecule has 2 unspecified atom stereocenters. The van der Waals surface area contributed by atoms with Gasteiger partial charge in [0.15, 0.2) is 0 Å². The molecule has 24 heavy (non-hydrogen) atoms. The SMILES string of the molecule is Cc1oc2ncnc(NCC(CC(C)O)c3ccccc3)c2c1C. The molecule has 5 heteroatoms. The third-order valence-corrected chi connectivity index (χ3v) is 4.38. The van der Waals surface area contributed by atoms with Crippen molar-refractivity contribution in [1.82, 2.24) is 9.97 Å². The number of nitrogens with one attached hydrogen (secondary N) is 1. The van der Waals surface area contributed by atoms with E-state index in [-0.39, 0.29) is 12.0 Å². The number of nitrogens with zero attached hydrogens (tertiary/aromatic N) is 2. The van der Waals surface area contributed by atoms with Crippen LogP contribution < -0.4 is 5.32 Å². The van der Waals surface area contributed by atoms with Crippen LogP contribution in [0, 0.1) is 13.8 Å². The molecule has 3 aromatic rings. The van der Waals surface area contributed by atoms with E-state index in [2.05, 4.69) is 27.4 Å². The van der Waals surface area contributed by atoms with E-state index in [1.165, 1.54) is 11.9 Å². The lowest BCUT2D eigenvalue weighted by Crippen LogP contribution is -2.18. The summed E-state index contributed by atoms with van der Waals surface area (Å²) in [4.78, 5) is 8.58. The molecule has 0 aliphatic rings. The molecule has 2 heterocycles. The molecule has 0 spiro atoms. The van der Waals surface area contributed by atoms with Gasteiger partial charge in [-0.25, -0.2) is 9.97 Å². The normalized spacial score (nSPS) is 13.8. The van der Waals surface area contributed by atoms with E-state index in [1.807, 2.05) is 39.0 Å². The highest BCUT2D eigenvalue weighted by atomic mass is 16.3. The summed E-state index contributed by atoms with van der Waals surface area (Å²) in [6.07, 6.45) is 1.84. The van der Waals surface area contributed by atoms with Gasteiger partial charge in [-0.3, -0.25) is 0 Å². The van der Waals surface area contributed by atoms with Gasteiger partial charge in [-0.05, 0) is 32.8 Å². The summed E-state index contributed by atoms with van der Waals surface area (Å²) in [7, 11) is 0. The molecular weight excluding hydrogens is 302 g/mol.